The maximum atomic E-state index is 12.6. The van der Waals surface area contributed by atoms with E-state index in [-0.39, 0.29) is 30.2 Å². The number of carbonyl (C=O) groups excluding carboxylic acids is 3. The van der Waals surface area contributed by atoms with Crippen LogP contribution >= 0.6 is 0 Å². The minimum atomic E-state index is -0.569. The number of rotatable bonds is 5. The zero-order chi connectivity index (χ0) is 25.8. The van der Waals surface area contributed by atoms with Crippen molar-refractivity contribution in [2.24, 2.45) is 0 Å². The summed E-state index contributed by atoms with van der Waals surface area (Å²) in [5, 5.41) is 5.52. The molecule has 2 saturated heterocycles. The van der Waals surface area contributed by atoms with E-state index in [4.69, 9.17) is 9.47 Å². The molecule has 3 aliphatic heterocycles. The molecule has 3 fully saturated rings. The molecule has 1 atom stereocenters. The molecule has 1 aliphatic carbocycles. The molecule has 1 unspecified atom stereocenters. The molecule has 0 spiro atoms. The molecule has 6 rings (SSSR count). The average Bonchev–Trinajstić information content (AvgIpc) is 3.20. The molecule has 4 heterocycles. The normalized spacial score (nSPS) is 21.9. The van der Waals surface area contributed by atoms with Crippen LogP contribution in [0.3, 0.4) is 0 Å². The van der Waals surface area contributed by atoms with Crippen LogP contribution in [0.1, 0.15) is 72.3 Å². The van der Waals surface area contributed by atoms with Crippen LogP contribution in [0.25, 0.3) is 0 Å². The first-order valence-corrected chi connectivity index (χ1v) is 13.0. The van der Waals surface area contributed by atoms with E-state index in [9.17, 15) is 14.4 Å². The molecule has 10 nitrogen and oxygen atoms in total. The molecule has 1 aromatic heterocycles. The largest absolute Gasteiger partial charge is 0.490 e. The van der Waals surface area contributed by atoms with Crippen LogP contribution in [0.5, 0.6) is 11.8 Å². The Morgan fingerprint density at radius 2 is 1.76 bits per heavy atom. The summed E-state index contributed by atoms with van der Waals surface area (Å²) >= 11 is 0. The van der Waals surface area contributed by atoms with Gasteiger partial charge in [0.2, 0.25) is 11.8 Å². The second-order valence-electron chi connectivity index (χ2n) is 9.96. The second kappa shape index (κ2) is 11.2. The number of methoxy groups -OCH3 is 1. The maximum absolute atomic E-state index is 12.6. The molecule has 4 aliphatic rings. The standard InChI is InChI=1S/C19H22N2O4.C8H11N3O/c22-17-9-8-16(18(23)20-17)21-11-12-10-14(6-7-15(12)19(21)24)25-13-4-2-1-3-5-13;1-12-8-10-4-7(5-11-8)6-2-9-3-6/h6-7,10,13,16H,1-5,8-9,11H2,(H,20,22,23);4-6,9H,2-3H2,1H3. The topological polar surface area (TPSA) is 123 Å². The zero-order valence-corrected chi connectivity index (χ0v) is 21.1. The van der Waals surface area contributed by atoms with Gasteiger partial charge >= 0.3 is 6.01 Å². The number of aromatic nitrogens is 2. The van der Waals surface area contributed by atoms with Crippen LogP contribution in [0.2, 0.25) is 0 Å². The lowest BCUT2D eigenvalue weighted by Gasteiger charge is -2.29. The smallest absolute Gasteiger partial charge is 0.316 e. The van der Waals surface area contributed by atoms with Crippen molar-refractivity contribution in [3.63, 3.8) is 0 Å². The van der Waals surface area contributed by atoms with Gasteiger partial charge in [0.25, 0.3) is 5.91 Å². The molecule has 3 amide bonds. The number of hydrogen-bond acceptors (Lipinski definition) is 8. The van der Waals surface area contributed by atoms with Crippen molar-refractivity contribution in [1.29, 1.82) is 0 Å². The number of nitrogens with zero attached hydrogens (tertiary/aromatic N) is 3. The summed E-state index contributed by atoms with van der Waals surface area (Å²) < 4.78 is 10.9. The van der Waals surface area contributed by atoms with E-state index in [2.05, 4.69) is 20.6 Å². The number of piperidine rings is 1. The molecular formula is C27H33N5O5. The average molecular weight is 508 g/mol. The Morgan fingerprint density at radius 1 is 1.00 bits per heavy atom. The van der Waals surface area contributed by atoms with Crippen LogP contribution in [-0.4, -0.2) is 64.9 Å². The van der Waals surface area contributed by atoms with Crippen molar-refractivity contribution in [2.45, 2.75) is 69.6 Å². The Morgan fingerprint density at radius 3 is 2.41 bits per heavy atom. The number of carbonyl (C=O) groups is 3. The first-order chi connectivity index (χ1) is 18.0. The molecular weight excluding hydrogens is 474 g/mol. The summed E-state index contributed by atoms with van der Waals surface area (Å²) in [6.45, 7) is 2.47. The van der Waals surface area contributed by atoms with Crippen molar-refractivity contribution in [2.75, 3.05) is 20.2 Å². The van der Waals surface area contributed by atoms with E-state index in [1.165, 1.54) is 24.8 Å². The van der Waals surface area contributed by atoms with E-state index < -0.39 is 6.04 Å². The molecule has 10 heteroatoms. The van der Waals surface area contributed by atoms with Crippen molar-refractivity contribution in [3.05, 3.63) is 47.3 Å². The van der Waals surface area contributed by atoms with Crippen LogP contribution in [0.15, 0.2) is 30.6 Å². The van der Waals surface area contributed by atoms with Gasteiger partial charge < -0.3 is 19.7 Å². The lowest BCUT2D eigenvalue weighted by molar-refractivity contribution is -0.136. The molecule has 1 aromatic carbocycles. The van der Waals surface area contributed by atoms with Gasteiger partial charge in [-0.05, 0) is 61.4 Å². The maximum Gasteiger partial charge on any atom is 0.316 e. The van der Waals surface area contributed by atoms with Crippen LogP contribution in [-0.2, 0) is 16.1 Å². The third-order valence-electron chi connectivity index (χ3n) is 7.43. The van der Waals surface area contributed by atoms with E-state index >= 15 is 0 Å². The number of ether oxygens (including phenoxy) is 2. The second-order valence-corrected chi connectivity index (χ2v) is 9.96. The van der Waals surface area contributed by atoms with E-state index in [1.54, 1.807) is 18.1 Å². The predicted octanol–water partition coefficient (Wildman–Crippen LogP) is 2.33. The van der Waals surface area contributed by atoms with Crippen molar-refractivity contribution < 1.29 is 23.9 Å². The van der Waals surface area contributed by atoms with Crippen molar-refractivity contribution in [3.8, 4) is 11.8 Å². The number of fused-ring (bicyclic) bond motifs is 1. The summed E-state index contributed by atoms with van der Waals surface area (Å²) in [6, 6.07) is 5.43. The SMILES string of the molecule is COc1ncc(C2CNC2)cn1.O=C1CCC(N2Cc3cc(OC4CCCCC4)ccc3C2=O)C(=O)N1. The fraction of sp³-hybridized carbons (Fsp3) is 0.519. The first kappa shape index (κ1) is 25.1. The Hall–Kier alpha value is -3.53. The monoisotopic (exact) mass is 507 g/mol. The minimum Gasteiger partial charge on any atom is -0.490 e. The van der Waals surface area contributed by atoms with Gasteiger partial charge in [-0.1, -0.05) is 6.42 Å². The number of hydrogen-bond donors (Lipinski definition) is 2. The van der Waals surface area contributed by atoms with Gasteiger partial charge in [-0.25, -0.2) is 9.97 Å². The summed E-state index contributed by atoms with van der Waals surface area (Å²) in [5.41, 5.74) is 2.71. The van der Waals surface area contributed by atoms with Crippen molar-refractivity contribution >= 4 is 17.7 Å². The van der Waals surface area contributed by atoms with Gasteiger partial charge in [-0.15, -0.1) is 0 Å². The molecule has 0 bridgehead atoms. The highest BCUT2D eigenvalue weighted by molar-refractivity contribution is 6.05. The van der Waals surface area contributed by atoms with E-state index in [1.807, 2.05) is 24.5 Å². The minimum absolute atomic E-state index is 0.145. The van der Waals surface area contributed by atoms with Crippen molar-refractivity contribution in [1.82, 2.24) is 25.5 Å². The van der Waals surface area contributed by atoms with E-state index in [0.717, 1.165) is 37.2 Å². The Balaban J connectivity index is 0.000000195. The lowest BCUT2D eigenvalue weighted by atomic mass is 9.97. The quantitative estimate of drug-likeness (QED) is 0.592. The van der Waals surface area contributed by atoms with Gasteiger partial charge in [0, 0.05) is 49.9 Å². The molecule has 1 saturated carbocycles. The fourth-order valence-electron chi connectivity index (χ4n) is 5.17. The molecule has 2 aromatic rings. The Kier molecular flexibility index (Phi) is 7.64. The summed E-state index contributed by atoms with van der Waals surface area (Å²) in [7, 11) is 1.57. The molecule has 2 N–H and O–H groups in total. The summed E-state index contributed by atoms with van der Waals surface area (Å²) in [5.74, 6) is 0.595. The fourth-order valence-corrected chi connectivity index (χ4v) is 5.17. The van der Waals surface area contributed by atoms with Gasteiger partial charge in [0.05, 0.1) is 13.2 Å². The summed E-state index contributed by atoms with van der Waals surface area (Å²) in [4.78, 5) is 45.7. The number of imide groups is 1. The molecule has 37 heavy (non-hydrogen) atoms. The third kappa shape index (κ3) is 5.74. The number of benzene rings is 1. The number of amides is 3. The number of nitrogens with one attached hydrogen (secondary N) is 2. The first-order valence-electron chi connectivity index (χ1n) is 13.0. The predicted molar refractivity (Wildman–Crippen MR) is 134 cm³/mol. The highest BCUT2D eigenvalue weighted by Gasteiger charge is 2.39. The zero-order valence-electron chi connectivity index (χ0n) is 21.1. The lowest BCUT2D eigenvalue weighted by Crippen LogP contribution is -2.52. The molecule has 0 radical (unpaired) electrons. The van der Waals surface area contributed by atoms with Gasteiger partial charge in [0.1, 0.15) is 11.8 Å². The van der Waals surface area contributed by atoms with Crippen LogP contribution in [0.4, 0.5) is 0 Å². The molecule has 196 valence electrons. The van der Waals surface area contributed by atoms with Gasteiger partial charge in [-0.2, -0.15) is 0 Å². The van der Waals surface area contributed by atoms with Gasteiger partial charge in [-0.3, -0.25) is 19.7 Å². The van der Waals surface area contributed by atoms with Gasteiger partial charge in [0.15, 0.2) is 0 Å². The Bertz CT molecular complexity index is 1140. The van der Waals surface area contributed by atoms with Crippen LogP contribution < -0.4 is 20.1 Å². The highest BCUT2D eigenvalue weighted by Crippen LogP contribution is 2.31. The summed E-state index contributed by atoms with van der Waals surface area (Å²) in [6.07, 6.45) is 10.4. The Labute approximate surface area is 216 Å². The third-order valence-corrected chi connectivity index (χ3v) is 7.43. The van der Waals surface area contributed by atoms with E-state index in [0.29, 0.717) is 30.5 Å². The van der Waals surface area contributed by atoms with Crippen LogP contribution in [0, 0.1) is 0 Å². The highest BCUT2D eigenvalue weighted by atomic mass is 16.5.